The maximum atomic E-state index is 5.57. The zero-order valence-electron chi connectivity index (χ0n) is 7.92. The van der Waals surface area contributed by atoms with Gasteiger partial charge in [0.15, 0.2) is 0 Å². The molecule has 13 heavy (non-hydrogen) atoms. The fraction of sp³-hybridized carbons (Fsp3) is 0.667. The van der Waals surface area contributed by atoms with Crippen LogP contribution in [0.2, 0.25) is 0 Å². The second-order valence-corrected chi connectivity index (χ2v) is 4.44. The zero-order chi connectivity index (χ0) is 9.26. The Morgan fingerprint density at radius 1 is 1.62 bits per heavy atom. The Labute approximate surface area is 82.7 Å². The Hall–Kier alpha value is -0.480. The largest absolute Gasteiger partial charge is 0.330 e. The molecule has 0 atom stereocenters. The van der Waals surface area contributed by atoms with E-state index in [1.807, 2.05) is 23.5 Å². The van der Waals surface area contributed by atoms with E-state index in [1.165, 1.54) is 22.7 Å². The topological polar surface area (TPSA) is 43.8 Å². The highest BCUT2D eigenvalue weighted by Crippen LogP contribution is 2.26. The molecule has 0 amide bonds. The van der Waals surface area contributed by atoms with Crippen molar-refractivity contribution < 1.29 is 0 Å². The van der Waals surface area contributed by atoms with E-state index >= 15 is 0 Å². The molecule has 1 aliphatic rings. The summed E-state index contributed by atoms with van der Waals surface area (Å²) in [5.41, 5.74) is 9.66. The first kappa shape index (κ1) is 9.09. The quantitative estimate of drug-likeness (QED) is 0.759. The molecule has 0 fully saturated rings. The lowest BCUT2D eigenvalue weighted by atomic mass is 10.1. The number of rotatable bonds is 2. The van der Waals surface area contributed by atoms with Crippen LogP contribution in [0.3, 0.4) is 0 Å². The van der Waals surface area contributed by atoms with Gasteiger partial charge in [-0.3, -0.25) is 4.68 Å². The molecule has 3 nitrogen and oxygen atoms in total. The van der Waals surface area contributed by atoms with Gasteiger partial charge < -0.3 is 5.73 Å². The first-order valence-corrected chi connectivity index (χ1v) is 5.80. The van der Waals surface area contributed by atoms with E-state index in [4.69, 9.17) is 5.73 Å². The van der Waals surface area contributed by atoms with E-state index in [0.29, 0.717) is 0 Å². The van der Waals surface area contributed by atoms with Crippen LogP contribution in [-0.2, 0) is 25.6 Å². The van der Waals surface area contributed by atoms with Gasteiger partial charge in [0, 0.05) is 36.9 Å². The Morgan fingerprint density at radius 3 is 3.23 bits per heavy atom. The molecule has 0 saturated heterocycles. The fourth-order valence-electron chi connectivity index (χ4n) is 1.82. The van der Waals surface area contributed by atoms with E-state index in [-0.39, 0.29) is 0 Å². The molecule has 0 unspecified atom stereocenters. The van der Waals surface area contributed by atoms with E-state index in [2.05, 4.69) is 5.10 Å². The lowest BCUT2D eigenvalue weighted by Crippen LogP contribution is -2.09. The van der Waals surface area contributed by atoms with Crippen LogP contribution < -0.4 is 5.73 Å². The van der Waals surface area contributed by atoms with Crippen molar-refractivity contribution in [2.45, 2.75) is 18.6 Å². The van der Waals surface area contributed by atoms with E-state index < -0.39 is 0 Å². The highest BCUT2D eigenvalue weighted by Gasteiger charge is 2.18. The number of nitrogens with zero attached hydrogens (tertiary/aromatic N) is 2. The minimum absolute atomic E-state index is 0.719. The molecule has 1 aromatic heterocycles. The zero-order valence-corrected chi connectivity index (χ0v) is 8.73. The summed E-state index contributed by atoms with van der Waals surface area (Å²) >= 11 is 2.00. The maximum Gasteiger partial charge on any atom is 0.0676 e. The summed E-state index contributed by atoms with van der Waals surface area (Å²) < 4.78 is 2.00. The summed E-state index contributed by atoms with van der Waals surface area (Å²) in [5.74, 6) is 2.34. The number of hydrogen-bond donors (Lipinski definition) is 1. The van der Waals surface area contributed by atoms with Gasteiger partial charge in [0.05, 0.1) is 5.69 Å². The Kier molecular flexibility index (Phi) is 2.60. The molecule has 72 valence electrons. The third-order valence-corrected chi connectivity index (χ3v) is 3.45. The van der Waals surface area contributed by atoms with Crippen LogP contribution in [0.15, 0.2) is 0 Å². The average Bonchev–Trinajstić information content (AvgIpc) is 2.44. The van der Waals surface area contributed by atoms with Crippen molar-refractivity contribution in [3.05, 3.63) is 17.0 Å². The predicted molar refractivity (Wildman–Crippen MR) is 55.8 cm³/mol. The van der Waals surface area contributed by atoms with Crippen LogP contribution in [0.25, 0.3) is 0 Å². The van der Waals surface area contributed by atoms with Crippen LogP contribution in [0, 0.1) is 0 Å². The fourth-order valence-corrected chi connectivity index (χ4v) is 2.84. The van der Waals surface area contributed by atoms with Gasteiger partial charge in [-0.15, -0.1) is 0 Å². The van der Waals surface area contributed by atoms with Crippen molar-refractivity contribution in [3.8, 4) is 0 Å². The molecule has 2 N–H and O–H groups in total. The summed E-state index contributed by atoms with van der Waals surface area (Å²) in [6.07, 6.45) is 2.08. The molecule has 0 saturated carbocycles. The van der Waals surface area contributed by atoms with Crippen molar-refractivity contribution in [3.63, 3.8) is 0 Å². The molecule has 0 radical (unpaired) electrons. The van der Waals surface area contributed by atoms with Crippen LogP contribution in [-0.4, -0.2) is 22.1 Å². The standard InChI is InChI=1S/C9H15N3S/c1-12-9(2-4-10)7-6-13-5-3-8(7)11-12/h2-6,10H2,1H3. The smallest absolute Gasteiger partial charge is 0.0676 e. The Morgan fingerprint density at radius 2 is 2.46 bits per heavy atom. The van der Waals surface area contributed by atoms with Gasteiger partial charge in [-0.05, 0) is 12.3 Å². The van der Waals surface area contributed by atoms with Crippen LogP contribution in [0.1, 0.15) is 17.0 Å². The minimum atomic E-state index is 0.719. The van der Waals surface area contributed by atoms with Crippen LogP contribution in [0.5, 0.6) is 0 Å². The number of thioether (sulfide) groups is 1. The molecular formula is C9H15N3S. The molecule has 1 aromatic rings. The van der Waals surface area contributed by atoms with Gasteiger partial charge in [-0.1, -0.05) is 0 Å². The molecule has 0 aliphatic carbocycles. The van der Waals surface area contributed by atoms with Gasteiger partial charge in [0.1, 0.15) is 0 Å². The van der Waals surface area contributed by atoms with Crippen LogP contribution in [0.4, 0.5) is 0 Å². The van der Waals surface area contributed by atoms with Gasteiger partial charge in [0.25, 0.3) is 0 Å². The normalized spacial score (nSPS) is 15.8. The number of aryl methyl sites for hydroxylation is 2. The van der Waals surface area contributed by atoms with Gasteiger partial charge in [-0.2, -0.15) is 16.9 Å². The Bertz CT molecular complexity index is 306. The number of fused-ring (bicyclic) bond motifs is 1. The van der Waals surface area contributed by atoms with Gasteiger partial charge >= 0.3 is 0 Å². The third kappa shape index (κ3) is 1.60. The van der Waals surface area contributed by atoms with E-state index in [1.54, 1.807) is 0 Å². The monoisotopic (exact) mass is 197 g/mol. The number of hydrogen-bond acceptors (Lipinski definition) is 3. The molecule has 0 spiro atoms. The molecule has 0 bridgehead atoms. The van der Waals surface area contributed by atoms with Crippen molar-refractivity contribution in [2.24, 2.45) is 12.8 Å². The first-order valence-electron chi connectivity index (χ1n) is 4.64. The van der Waals surface area contributed by atoms with Gasteiger partial charge in [-0.25, -0.2) is 0 Å². The molecule has 0 aromatic carbocycles. The summed E-state index contributed by atoms with van der Waals surface area (Å²) in [6, 6.07) is 0. The van der Waals surface area contributed by atoms with Crippen LogP contribution >= 0.6 is 11.8 Å². The van der Waals surface area contributed by atoms with E-state index in [0.717, 1.165) is 25.1 Å². The highest BCUT2D eigenvalue weighted by molar-refractivity contribution is 7.98. The predicted octanol–water partition coefficient (Wildman–Crippen LogP) is 0.711. The second-order valence-electron chi connectivity index (χ2n) is 3.34. The number of nitrogens with two attached hydrogens (primary N) is 1. The van der Waals surface area contributed by atoms with Crippen molar-refractivity contribution in [1.29, 1.82) is 0 Å². The average molecular weight is 197 g/mol. The third-order valence-electron chi connectivity index (χ3n) is 2.47. The SMILES string of the molecule is Cn1nc2c(c1CCN)CSCC2. The summed E-state index contributed by atoms with van der Waals surface area (Å²) in [6.45, 7) is 0.719. The van der Waals surface area contributed by atoms with Gasteiger partial charge in [0.2, 0.25) is 0 Å². The van der Waals surface area contributed by atoms with E-state index in [9.17, 15) is 0 Å². The van der Waals surface area contributed by atoms with Crippen molar-refractivity contribution >= 4 is 11.8 Å². The highest BCUT2D eigenvalue weighted by atomic mass is 32.2. The molecule has 4 heteroatoms. The molecule has 1 aliphatic heterocycles. The van der Waals surface area contributed by atoms with Crippen molar-refractivity contribution in [1.82, 2.24) is 9.78 Å². The first-order chi connectivity index (χ1) is 6.33. The molecular weight excluding hydrogens is 182 g/mol. The Balaban J connectivity index is 2.36. The summed E-state index contributed by atoms with van der Waals surface area (Å²) in [7, 11) is 2.02. The molecule has 2 rings (SSSR count). The summed E-state index contributed by atoms with van der Waals surface area (Å²) in [4.78, 5) is 0. The maximum absolute atomic E-state index is 5.57. The van der Waals surface area contributed by atoms with Crippen molar-refractivity contribution in [2.75, 3.05) is 12.3 Å². The lowest BCUT2D eigenvalue weighted by Gasteiger charge is -2.10. The number of aromatic nitrogens is 2. The lowest BCUT2D eigenvalue weighted by molar-refractivity contribution is 0.695. The summed E-state index contributed by atoms with van der Waals surface area (Å²) in [5, 5.41) is 4.52. The molecule has 2 heterocycles. The second kappa shape index (κ2) is 3.72. The minimum Gasteiger partial charge on any atom is -0.330 e.